The van der Waals surface area contributed by atoms with Crippen molar-refractivity contribution in [2.75, 3.05) is 33.2 Å². The van der Waals surface area contributed by atoms with Gasteiger partial charge in [-0.1, -0.05) is 18.2 Å². The maximum atomic E-state index is 11.1. The third kappa shape index (κ3) is 3.71. The summed E-state index contributed by atoms with van der Waals surface area (Å²) in [5.41, 5.74) is 5.37. The Morgan fingerprint density at radius 2 is 2.00 bits per heavy atom. The van der Waals surface area contributed by atoms with Gasteiger partial charge in [0.1, 0.15) is 11.5 Å². The molecular weight excluding hydrogens is 358 g/mol. The van der Waals surface area contributed by atoms with Crippen LogP contribution in [0.1, 0.15) is 5.69 Å². The molecule has 3 heterocycles. The van der Waals surface area contributed by atoms with Gasteiger partial charge in [0.2, 0.25) is 0 Å². The predicted octanol–water partition coefficient (Wildman–Crippen LogP) is 2.00. The topological polar surface area (TPSA) is 91.3 Å². The number of aromatic nitrogens is 2. The van der Waals surface area contributed by atoms with Gasteiger partial charge in [0.05, 0.1) is 16.7 Å². The van der Waals surface area contributed by atoms with Crippen LogP contribution < -0.4 is 5.53 Å². The van der Waals surface area contributed by atoms with Crippen LogP contribution in [-0.2, 0) is 0 Å². The molecule has 0 bridgehead atoms. The minimum Gasteiger partial charge on any atom is -0.304 e. The Kier molecular flexibility index (Phi) is 5.00. The van der Waals surface area contributed by atoms with Gasteiger partial charge >= 0.3 is 0 Å². The van der Waals surface area contributed by atoms with Crippen LogP contribution in [0.4, 0.5) is 5.69 Å². The van der Waals surface area contributed by atoms with E-state index in [1.54, 1.807) is 12.3 Å². The van der Waals surface area contributed by atoms with Gasteiger partial charge in [-0.15, -0.1) is 0 Å². The molecule has 1 saturated heterocycles. The first-order chi connectivity index (χ1) is 13.6. The van der Waals surface area contributed by atoms with Crippen LogP contribution in [0.25, 0.3) is 16.9 Å². The van der Waals surface area contributed by atoms with Crippen molar-refractivity contribution >= 4 is 17.4 Å². The zero-order valence-electron chi connectivity index (χ0n) is 15.5. The monoisotopic (exact) mass is 379 g/mol. The lowest BCUT2D eigenvalue weighted by molar-refractivity contribution is -0.384. The molecule has 9 nitrogen and oxygen atoms in total. The average Bonchev–Trinajstić information content (AvgIpc) is 3.08. The third-order valence-electron chi connectivity index (χ3n) is 4.78. The number of pyridine rings is 1. The number of nitrogens with zero attached hydrogens (tertiary/aromatic N) is 6. The number of fused-ring (bicyclic) bond motifs is 1. The number of rotatable bonds is 5. The van der Waals surface area contributed by atoms with E-state index in [4.69, 9.17) is 0 Å². The van der Waals surface area contributed by atoms with E-state index >= 15 is 0 Å². The van der Waals surface area contributed by atoms with Gasteiger partial charge in [-0.3, -0.25) is 14.5 Å². The smallest absolute Gasteiger partial charge is 0.270 e. The maximum Gasteiger partial charge on any atom is 0.270 e. The van der Waals surface area contributed by atoms with E-state index in [-0.39, 0.29) is 5.69 Å². The molecule has 4 rings (SSSR count). The second-order valence-electron chi connectivity index (χ2n) is 6.73. The Hall–Kier alpha value is -3.30. The van der Waals surface area contributed by atoms with Gasteiger partial charge in [-0.05, 0) is 19.2 Å². The summed E-state index contributed by atoms with van der Waals surface area (Å²) in [4.78, 5) is 17.7. The normalized spacial score (nSPS) is 16.0. The van der Waals surface area contributed by atoms with Gasteiger partial charge in [0, 0.05) is 50.1 Å². The molecule has 0 unspecified atom stereocenters. The summed E-state index contributed by atoms with van der Waals surface area (Å²) >= 11 is 0. The summed E-state index contributed by atoms with van der Waals surface area (Å²) in [6.45, 7) is 3.78. The summed E-state index contributed by atoms with van der Waals surface area (Å²) in [5.74, 6) is 0.639. The number of nitrogens with one attached hydrogen (secondary N) is 1. The highest BCUT2D eigenvalue weighted by Gasteiger charge is 2.15. The molecule has 0 radical (unpaired) electrons. The number of non-ortho nitro benzene ring substituents is 1. The number of hydrazine groups is 1. The Balaban J connectivity index is 1.62. The molecule has 9 heteroatoms. The SMILES string of the molecule is CN1CCN(N/N=C\c2nc(-c3cccc([N+](=O)[O-])c3)n3ccccc23)CC1. The molecule has 28 heavy (non-hydrogen) atoms. The molecule has 0 spiro atoms. The lowest BCUT2D eigenvalue weighted by atomic mass is 10.2. The Labute approximate surface area is 162 Å². The number of nitro benzene ring substituents is 1. The standard InChI is InChI=1S/C19H21N7O2/c1-23-9-11-24(12-10-23)22-20-14-17-18-7-2-3-8-25(18)19(21-17)15-5-4-6-16(13-15)26(27)28/h2-8,13-14,22H,9-12H2,1H3/b20-14-. The molecule has 1 N–H and O–H groups in total. The van der Waals surface area contributed by atoms with Crippen LogP contribution in [0.2, 0.25) is 0 Å². The zero-order valence-corrected chi connectivity index (χ0v) is 15.5. The van der Waals surface area contributed by atoms with E-state index in [0.717, 1.165) is 31.7 Å². The lowest BCUT2D eigenvalue weighted by Crippen LogP contribution is -2.49. The van der Waals surface area contributed by atoms with Crippen molar-refractivity contribution in [1.82, 2.24) is 24.8 Å². The van der Waals surface area contributed by atoms with Gasteiger partial charge in [0.25, 0.3) is 5.69 Å². The Morgan fingerprint density at radius 3 is 2.79 bits per heavy atom. The highest BCUT2D eigenvalue weighted by Crippen LogP contribution is 2.25. The second-order valence-corrected chi connectivity index (χ2v) is 6.73. The van der Waals surface area contributed by atoms with Crippen LogP contribution >= 0.6 is 0 Å². The molecule has 3 aromatic rings. The third-order valence-corrected chi connectivity index (χ3v) is 4.78. The minimum atomic E-state index is -0.401. The summed E-state index contributed by atoms with van der Waals surface area (Å²) in [5, 5.41) is 17.5. The van der Waals surface area contributed by atoms with Gasteiger partial charge in [-0.25, -0.2) is 15.5 Å². The fourth-order valence-electron chi connectivity index (χ4n) is 3.20. The quantitative estimate of drug-likeness (QED) is 0.414. The molecule has 0 saturated carbocycles. The van der Waals surface area contributed by atoms with E-state index in [9.17, 15) is 10.1 Å². The van der Waals surface area contributed by atoms with Crippen molar-refractivity contribution in [3.05, 3.63) is 64.5 Å². The van der Waals surface area contributed by atoms with Gasteiger partial charge in [0.15, 0.2) is 0 Å². The summed E-state index contributed by atoms with van der Waals surface area (Å²) in [6, 6.07) is 12.3. The number of likely N-dealkylation sites (N-methyl/N-ethyl adjacent to an activating group) is 1. The fraction of sp³-hybridized carbons (Fsp3) is 0.263. The number of imidazole rings is 1. The first-order valence-electron chi connectivity index (χ1n) is 9.06. The zero-order chi connectivity index (χ0) is 19.5. The van der Waals surface area contributed by atoms with Crippen molar-refractivity contribution in [2.45, 2.75) is 0 Å². The van der Waals surface area contributed by atoms with Crippen LogP contribution in [0.5, 0.6) is 0 Å². The average molecular weight is 379 g/mol. The molecule has 1 fully saturated rings. The summed E-state index contributed by atoms with van der Waals surface area (Å²) < 4.78 is 1.91. The molecular formula is C19H21N7O2. The lowest BCUT2D eigenvalue weighted by Gasteiger charge is -2.31. The second kappa shape index (κ2) is 7.75. The molecule has 1 aliphatic rings. The highest BCUT2D eigenvalue weighted by atomic mass is 16.6. The highest BCUT2D eigenvalue weighted by molar-refractivity contribution is 5.89. The Bertz CT molecular complexity index is 1020. The van der Waals surface area contributed by atoms with E-state index < -0.39 is 4.92 Å². The first-order valence-corrected chi connectivity index (χ1v) is 9.06. The predicted molar refractivity (Wildman–Crippen MR) is 107 cm³/mol. The van der Waals surface area contributed by atoms with Crippen LogP contribution in [0.3, 0.4) is 0 Å². The van der Waals surface area contributed by atoms with E-state index in [1.807, 2.05) is 34.9 Å². The molecule has 1 aromatic carbocycles. The maximum absolute atomic E-state index is 11.1. The summed E-state index contributed by atoms with van der Waals surface area (Å²) in [7, 11) is 2.10. The van der Waals surface area contributed by atoms with Crippen molar-refractivity contribution < 1.29 is 4.92 Å². The number of nitro groups is 1. The molecule has 1 aliphatic heterocycles. The van der Waals surface area contributed by atoms with Gasteiger partial charge < -0.3 is 4.90 Å². The number of hydrogen-bond acceptors (Lipinski definition) is 7. The van der Waals surface area contributed by atoms with Gasteiger partial charge in [-0.2, -0.15) is 5.10 Å². The molecule has 144 valence electrons. The van der Waals surface area contributed by atoms with Crippen LogP contribution in [-0.4, -0.2) is 63.7 Å². The van der Waals surface area contributed by atoms with Crippen LogP contribution in [0, 0.1) is 10.1 Å². The molecule has 0 atom stereocenters. The number of benzene rings is 1. The van der Waals surface area contributed by atoms with E-state index in [1.165, 1.54) is 12.1 Å². The largest absolute Gasteiger partial charge is 0.304 e. The number of hydrogen-bond donors (Lipinski definition) is 1. The number of hydrazone groups is 1. The number of piperazine rings is 1. The van der Waals surface area contributed by atoms with Crippen molar-refractivity contribution in [2.24, 2.45) is 5.10 Å². The van der Waals surface area contributed by atoms with Crippen LogP contribution in [0.15, 0.2) is 53.8 Å². The van der Waals surface area contributed by atoms with E-state index in [0.29, 0.717) is 17.1 Å². The minimum absolute atomic E-state index is 0.0390. The van der Waals surface area contributed by atoms with Crippen molar-refractivity contribution in [3.63, 3.8) is 0 Å². The van der Waals surface area contributed by atoms with Crippen molar-refractivity contribution in [1.29, 1.82) is 0 Å². The molecule has 0 amide bonds. The fourth-order valence-corrected chi connectivity index (χ4v) is 3.20. The summed E-state index contributed by atoms with van der Waals surface area (Å²) in [6.07, 6.45) is 3.58. The van der Waals surface area contributed by atoms with E-state index in [2.05, 4.69) is 32.6 Å². The molecule has 2 aromatic heterocycles. The first kappa shape index (κ1) is 18.1. The Morgan fingerprint density at radius 1 is 1.18 bits per heavy atom. The van der Waals surface area contributed by atoms with Crippen molar-refractivity contribution in [3.8, 4) is 11.4 Å². The molecule has 0 aliphatic carbocycles.